The lowest BCUT2D eigenvalue weighted by Crippen LogP contribution is -2.09. The molecule has 2 aromatic heterocycles. The Morgan fingerprint density at radius 1 is 1.00 bits per heavy atom. The third-order valence-corrected chi connectivity index (χ3v) is 2.60. The van der Waals surface area contributed by atoms with Gasteiger partial charge in [0.2, 0.25) is 0 Å². The number of hydrogen-bond acceptors (Lipinski definition) is 7. The van der Waals surface area contributed by atoms with E-state index in [1.807, 2.05) is 0 Å². The van der Waals surface area contributed by atoms with Crippen molar-refractivity contribution in [1.82, 2.24) is 19.9 Å². The molecular formula is C13H17N5O2. The molecule has 2 atom stereocenters. The third kappa shape index (κ3) is 3.69. The van der Waals surface area contributed by atoms with Crippen LogP contribution >= 0.6 is 0 Å². The maximum absolute atomic E-state index is 9.44. The van der Waals surface area contributed by atoms with E-state index in [0.717, 1.165) is 5.69 Å². The molecule has 0 bridgehead atoms. The minimum Gasteiger partial charge on any atom is -0.385 e. The minimum absolute atomic E-state index is 0.363. The SMILES string of the molecule is C[C@@H](O)c1nccc(CNc2ccnc([C@@H](C)O)n2)n1. The molecule has 3 N–H and O–H groups in total. The van der Waals surface area contributed by atoms with Crippen LogP contribution in [-0.2, 0) is 6.54 Å². The first kappa shape index (κ1) is 14.3. The summed E-state index contributed by atoms with van der Waals surface area (Å²) in [6.07, 6.45) is 1.78. The molecule has 7 nitrogen and oxygen atoms in total. The summed E-state index contributed by atoms with van der Waals surface area (Å²) in [5.74, 6) is 1.35. The highest BCUT2D eigenvalue weighted by atomic mass is 16.3. The summed E-state index contributed by atoms with van der Waals surface area (Å²) in [5.41, 5.74) is 0.744. The standard InChI is InChI=1S/C13H17N5O2/c1-8(19)12-14-5-3-10(17-12)7-16-11-4-6-15-13(18-11)9(2)20/h3-6,8-9,19-20H,7H2,1-2H3,(H,15,16,18)/t8-,9-/m1/s1. The minimum atomic E-state index is -0.711. The van der Waals surface area contributed by atoms with E-state index in [1.54, 1.807) is 38.4 Å². The first-order chi connectivity index (χ1) is 9.56. The molecule has 0 amide bonds. The number of aliphatic hydroxyl groups excluding tert-OH is 2. The van der Waals surface area contributed by atoms with E-state index in [4.69, 9.17) is 0 Å². The summed E-state index contributed by atoms with van der Waals surface area (Å²) in [6.45, 7) is 3.67. The molecule has 0 saturated carbocycles. The van der Waals surface area contributed by atoms with Gasteiger partial charge in [-0.2, -0.15) is 0 Å². The molecule has 0 spiro atoms. The Morgan fingerprint density at radius 3 is 2.25 bits per heavy atom. The van der Waals surface area contributed by atoms with E-state index < -0.39 is 12.2 Å². The van der Waals surface area contributed by atoms with Gasteiger partial charge in [-0.15, -0.1) is 0 Å². The number of aromatic nitrogens is 4. The molecule has 2 heterocycles. The number of nitrogens with one attached hydrogen (secondary N) is 1. The average molecular weight is 275 g/mol. The number of hydrogen-bond donors (Lipinski definition) is 3. The van der Waals surface area contributed by atoms with Crippen molar-refractivity contribution in [3.63, 3.8) is 0 Å². The van der Waals surface area contributed by atoms with Gasteiger partial charge in [0.15, 0.2) is 11.6 Å². The van der Waals surface area contributed by atoms with Crippen molar-refractivity contribution in [2.75, 3.05) is 5.32 Å². The molecule has 106 valence electrons. The number of anilines is 1. The fourth-order valence-corrected chi connectivity index (χ4v) is 1.57. The van der Waals surface area contributed by atoms with E-state index >= 15 is 0 Å². The molecule has 0 aliphatic carbocycles. The van der Waals surface area contributed by atoms with Gasteiger partial charge in [0, 0.05) is 12.4 Å². The lowest BCUT2D eigenvalue weighted by atomic mass is 10.3. The Labute approximate surface area is 116 Å². The second-order valence-electron chi connectivity index (χ2n) is 4.41. The van der Waals surface area contributed by atoms with Gasteiger partial charge in [-0.05, 0) is 26.0 Å². The van der Waals surface area contributed by atoms with Gasteiger partial charge in [-0.1, -0.05) is 0 Å². The number of nitrogens with zero attached hydrogens (tertiary/aromatic N) is 4. The smallest absolute Gasteiger partial charge is 0.158 e. The van der Waals surface area contributed by atoms with Crippen LogP contribution in [0.5, 0.6) is 0 Å². The molecule has 0 saturated heterocycles. The zero-order chi connectivity index (χ0) is 14.5. The fraction of sp³-hybridized carbons (Fsp3) is 0.385. The summed E-state index contributed by atoms with van der Waals surface area (Å²) < 4.78 is 0. The van der Waals surface area contributed by atoms with E-state index in [2.05, 4.69) is 25.3 Å². The quantitative estimate of drug-likeness (QED) is 0.747. The van der Waals surface area contributed by atoms with Gasteiger partial charge in [0.05, 0.1) is 12.2 Å². The largest absolute Gasteiger partial charge is 0.385 e. The van der Waals surface area contributed by atoms with Gasteiger partial charge in [-0.3, -0.25) is 0 Å². The highest BCUT2D eigenvalue weighted by Crippen LogP contribution is 2.11. The Kier molecular flexibility index (Phi) is 4.54. The molecule has 0 aromatic carbocycles. The first-order valence-corrected chi connectivity index (χ1v) is 6.31. The lowest BCUT2D eigenvalue weighted by Gasteiger charge is -2.09. The van der Waals surface area contributed by atoms with Gasteiger partial charge < -0.3 is 15.5 Å². The molecule has 0 aliphatic rings. The van der Waals surface area contributed by atoms with Crippen LogP contribution in [0.15, 0.2) is 24.5 Å². The molecule has 0 aliphatic heterocycles. The molecule has 0 radical (unpaired) electrons. The van der Waals surface area contributed by atoms with E-state index in [1.165, 1.54) is 0 Å². The predicted molar refractivity (Wildman–Crippen MR) is 72.7 cm³/mol. The van der Waals surface area contributed by atoms with Crippen LogP contribution in [0.3, 0.4) is 0 Å². The summed E-state index contributed by atoms with van der Waals surface area (Å²) in [7, 11) is 0. The zero-order valence-corrected chi connectivity index (χ0v) is 11.4. The predicted octanol–water partition coefficient (Wildman–Crippen LogP) is 0.985. The molecule has 20 heavy (non-hydrogen) atoms. The maximum Gasteiger partial charge on any atom is 0.158 e. The fourth-order valence-electron chi connectivity index (χ4n) is 1.57. The van der Waals surface area contributed by atoms with E-state index in [0.29, 0.717) is 24.0 Å². The van der Waals surface area contributed by atoms with Gasteiger partial charge in [-0.25, -0.2) is 19.9 Å². The Hall–Kier alpha value is -2.12. The molecule has 0 fully saturated rings. The van der Waals surface area contributed by atoms with Crippen molar-refractivity contribution in [3.05, 3.63) is 41.9 Å². The van der Waals surface area contributed by atoms with Gasteiger partial charge in [0.25, 0.3) is 0 Å². The van der Waals surface area contributed by atoms with Crippen molar-refractivity contribution >= 4 is 5.82 Å². The third-order valence-electron chi connectivity index (χ3n) is 2.60. The van der Waals surface area contributed by atoms with Crippen molar-refractivity contribution in [1.29, 1.82) is 0 Å². The van der Waals surface area contributed by atoms with Crippen LogP contribution in [0.1, 0.15) is 43.4 Å². The van der Waals surface area contributed by atoms with E-state index in [-0.39, 0.29) is 0 Å². The van der Waals surface area contributed by atoms with Crippen molar-refractivity contribution < 1.29 is 10.2 Å². The second-order valence-corrected chi connectivity index (χ2v) is 4.41. The lowest BCUT2D eigenvalue weighted by molar-refractivity contribution is 0.188. The normalized spacial score (nSPS) is 13.8. The van der Waals surface area contributed by atoms with Gasteiger partial charge >= 0.3 is 0 Å². The van der Waals surface area contributed by atoms with Crippen molar-refractivity contribution in [2.45, 2.75) is 32.6 Å². The van der Waals surface area contributed by atoms with E-state index in [9.17, 15) is 10.2 Å². The highest BCUT2D eigenvalue weighted by Gasteiger charge is 2.07. The number of rotatable bonds is 5. The van der Waals surface area contributed by atoms with Crippen LogP contribution in [0.2, 0.25) is 0 Å². The van der Waals surface area contributed by atoms with Gasteiger partial charge in [0.1, 0.15) is 18.0 Å². The maximum atomic E-state index is 9.44. The molecule has 0 unspecified atom stereocenters. The molecule has 2 rings (SSSR count). The molecule has 2 aromatic rings. The monoisotopic (exact) mass is 275 g/mol. The Balaban J connectivity index is 2.05. The summed E-state index contributed by atoms with van der Waals surface area (Å²) in [5, 5.41) is 22.0. The average Bonchev–Trinajstić information content (AvgIpc) is 2.45. The van der Waals surface area contributed by atoms with Crippen LogP contribution in [0, 0.1) is 0 Å². The van der Waals surface area contributed by atoms with Crippen LogP contribution in [0.25, 0.3) is 0 Å². The highest BCUT2D eigenvalue weighted by molar-refractivity contribution is 5.33. The van der Waals surface area contributed by atoms with Crippen LogP contribution < -0.4 is 5.32 Å². The van der Waals surface area contributed by atoms with Crippen LogP contribution in [-0.4, -0.2) is 30.1 Å². The number of aliphatic hydroxyl groups is 2. The molecular weight excluding hydrogens is 258 g/mol. The molecule has 7 heteroatoms. The zero-order valence-electron chi connectivity index (χ0n) is 11.4. The summed E-state index contributed by atoms with van der Waals surface area (Å²) in [6, 6.07) is 3.47. The van der Waals surface area contributed by atoms with Crippen molar-refractivity contribution in [2.24, 2.45) is 0 Å². The van der Waals surface area contributed by atoms with Crippen molar-refractivity contribution in [3.8, 4) is 0 Å². The Morgan fingerprint density at radius 2 is 1.60 bits per heavy atom. The summed E-state index contributed by atoms with van der Waals surface area (Å²) in [4.78, 5) is 16.4. The Bertz CT molecular complexity index is 523. The van der Waals surface area contributed by atoms with Crippen LogP contribution in [0.4, 0.5) is 5.82 Å². The topological polar surface area (TPSA) is 104 Å². The first-order valence-electron chi connectivity index (χ1n) is 6.31. The summed E-state index contributed by atoms with van der Waals surface area (Å²) >= 11 is 0. The second kappa shape index (κ2) is 6.36.